The van der Waals surface area contributed by atoms with E-state index in [2.05, 4.69) is 0 Å². The van der Waals surface area contributed by atoms with Crippen molar-refractivity contribution in [1.29, 1.82) is 0 Å². The highest BCUT2D eigenvalue weighted by Crippen LogP contribution is 2.14. The van der Waals surface area contributed by atoms with Gasteiger partial charge in [-0.2, -0.15) is 0 Å². The van der Waals surface area contributed by atoms with E-state index in [-0.39, 0.29) is 11.8 Å². The summed E-state index contributed by atoms with van der Waals surface area (Å²) in [7, 11) is 0. The predicted molar refractivity (Wildman–Crippen MR) is 46.8 cm³/mol. The number of carbonyl (C=O) groups excluding carboxylic acids is 2. The van der Waals surface area contributed by atoms with E-state index in [1.54, 1.807) is 0 Å². The lowest BCUT2D eigenvalue weighted by atomic mass is 10.1. The Kier molecular flexibility index (Phi) is 3.23. The van der Waals surface area contributed by atoms with Crippen LogP contribution >= 0.6 is 0 Å². The molecule has 0 saturated heterocycles. The third-order valence-corrected chi connectivity index (χ3v) is 1.59. The van der Waals surface area contributed by atoms with Gasteiger partial charge in [0, 0.05) is 0 Å². The Morgan fingerprint density at radius 3 is 2.07 bits per heavy atom. The summed E-state index contributed by atoms with van der Waals surface area (Å²) in [5, 5.41) is 0. The standard InChI is InChI=1S/C10H6F2O2/c11-9-4-7(2-1-3-13)5-10(12)8(9)6-14/h1-6H. The smallest absolute Gasteiger partial charge is 0.155 e. The maximum atomic E-state index is 12.9. The lowest BCUT2D eigenvalue weighted by Crippen LogP contribution is -1.94. The minimum Gasteiger partial charge on any atom is -0.299 e. The van der Waals surface area contributed by atoms with Gasteiger partial charge in [0.25, 0.3) is 0 Å². The molecule has 0 bridgehead atoms. The maximum Gasteiger partial charge on any atom is 0.155 e. The van der Waals surface area contributed by atoms with Crippen LogP contribution in [0.25, 0.3) is 6.08 Å². The minimum atomic E-state index is -0.939. The third kappa shape index (κ3) is 2.10. The van der Waals surface area contributed by atoms with Crippen LogP contribution in [0.3, 0.4) is 0 Å². The second kappa shape index (κ2) is 4.41. The molecule has 0 atom stereocenters. The molecule has 1 aromatic rings. The second-order valence-electron chi connectivity index (χ2n) is 2.51. The van der Waals surface area contributed by atoms with Crippen LogP contribution in [-0.4, -0.2) is 12.6 Å². The van der Waals surface area contributed by atoms with Gasteiger partial charge >= 0.3 is 0 Å². The molecule has 0 saturated carbocycles. The van der Waals surface area contributed by atoms with Crippen molar-refractivity contribution >= 4 is 18.6 Å². The lowest BCUT2D eigenvalue weighted by molar-refractivity contribution is -0.104. The van der Waals surface area contributed by atoms with E-state index in [4.69, 9.17) is 0 Å². The first-order valence-corrected chi connectivity index (χ1v) is 3.75. The largest absolute Gasteiger partial charge is 0.299 e. The van der Waals surface area contributed by atoms with Gasteiger partial charge in [-0.25, -0.2) is 8.78 Å². The van der Waals surface area contributed by atoms with E-state index in [9.17, 15) is 18.4 Å². The average Bonchev–Trinajstić information content (AvgIpc) is 2.14. The highest BCUT2D eigenvalue weighted by Gasteiger charge is 2.08. The molecule has 0 fully saturated rings. The summed E-state index contributed by atoms with van der Waals surface area (Å²) in [6.45, 7) is 0. The number of aldehydes is 2. The topological polar surface area (TPSA) is 34.1 Å². The molecule has 72 valence electrons. The fourth-order valence-electron chi connectivity index (χ4n) is 0.963. The number of hydrogen-bond donors (Lipinski definition) is 0. The van der Waals surface area contributed by atoms with Gasteiger partial charge in [0.15, 0.2) is 6.29 Å². The molecule has 0 aliphatic heterocycles. The molecule has 1 aromatic carbocycles. The van der Waals surface area contributed by atoms with Gasteiger partial charge in [-0.05, 0) is 23.8 Å². The van der Waals surface area contributed by atoms with E-state index in [0.29, 0.717) is 6.29 Å². The SMILES string of the molecule is O=CC=Cc1cc(F)c(C=O)c(F)c1. The fraction of sp³-hybridized carbons (Fsp3) is 0. The first kappa shape index (κ1) is 10.2. The normalized spacial score (nSPS) is 10.4. The summed E-state index contributed by atoms with van der Waals surface area (Å²) >= 11 is 0. The molecule has 0 heterocycles. The van der Waals surface area contributed by atoms with Crippen molar-refractivity contribution in [3.8, 4) is 0 Å². The molecular weight excluding hydrogens is 190 g/mol. The predicted octanol–water partition coefficient (Wildman–Crippen LogP) is 1.99. The Bertz CT molecular complexity index is 374. The van der Waals surface area contributed by atoms with Crippen LogP contribution in [0.1, 0.15) is 15.9 Å². The highest BCUT2D eigenvalue weighted by atomic mass is 19.1. The maximum absolute atomic E-state index is 12.9. The molecule has 2 nitrogen and oxygen atoms in total. The molecule has 0 N–H and O–H groups in total. The van der Waals surface area contributed by atoms with Crippen molar-refractivity contribution in [2.75, 3.05) is 0 Å². The van der Waals surface area contributed by atoms with Crippen molar-refractivity contribution in [2.24, 2.45) is 0 Å². The average molecular weight is 196 g/mol. The minimum absolute atomic E-state index is 0.109. The summed E-state index contributed by atoms with van der Waals surface area (Å²) in [5.74, 6) is -1.88. The van der Waals surface area contributed by atoms with Crippen LogP contribution in [0.4, 0.5) is 8.78 Å². The van der Waals surface area contributed by atoms with Crippen LogP contribution in [0, 0.1) is 11.6 Å². The summed E-state index contributed by atoms with van der Waals surface area (Å²) < 4.78 is 25.9. The van der Waals surface area contributed by atoms with Gasteiger partial charge in [-0.3, -0.25) is 9.59 Å². The quantitative estimate of drug-likeness (QED) is 0.547. The molecule has 0 amide bonds. The monoisotopic (exact) mass is 196 g/mol. The number of allylic oxidation sites excluding steroid dienone is 1. The van der Waals surface area contributed by atoms with Crippen LogP contribution in [0.15, 0.2) is 18.2 Å². The molecule has 0 aliphatic rings. The summed E-state index contributed by atoms with van der Waals surface area (Å²) in [6.07, 6.45) is 2.95. The molecule has 1 rings (SSSR count). The number of rotatable bonds is 3. The third-order valence-electron chi connectivity index (χ3n) is 1.59. The summed E-state index contributed by atoms with van der Waals surface area (Å²) in [6, 6.07) is 1.96. The van der Waals surface area contributed by atoms with E-state index in [1.807, 2.05) is 0 Å². The van der Waals surface area contributed by atoms with Gasteiger partial charge in [-0.1, -0.05) is 6.08 Å². The molecule has 0 spiro atoms. The first-order chi connectivity index (χ1) is 6.69. The Morgan fingerprint density at radius 2 is 1.64 bits per heavy atom. The van der Waals surface area contributed by atoms with Gasteiger partial charge in [0.1, 0.15) is 17.9 Å². The van der Waals surface area contributed by atoms with Crippen LogP contribution < -0.4 is 0 Å². The van der Waals surface area contributed by atoms with Crippen molar-refractivity contribution in [3.05, 3.63) is 41.0 Å². The Hall–Kier alpha value is -1.84. The van der Waals surface area contributed by atoms with Gasteiger partial charge < -0.3 is 0 Å². The molecule has 0 aliphatic carbocycles. The van der Waals surface area contributed by atoms with Gasteiger partial charge in [0.05, 0.1) is 5.56 Å². The fourth-order valence-corrected chi connectivity index (χ4v) is 0.963. The van der Waals surface area contributed by atoms with Gasteiger partial charge in [-0.15, -0.1) is 0 Å². The lowest BCUT2D eigenvalue weighted by Gasteiger charge is -1.98. The zero-order chi connectivity index (χ0) is 10.6. The van der Waals surface area contributed by atoms with Crippen molar-refractivity contribution in [2.45, 2.75) is 0 Å². The number of carbonyl (C=O) groups is 2. The number of benzene rings is 1. The van der Waals surface area contributed by atoms with Crippen molar-refractivity contribution in [1.82, 2.24) is 0 Å². The van der Waals surface area contributed by atoms with Crippen LogP contribution in [-0.2, 0) is 4.79 Å². The zero-order valence-corrected chi connectivity index (χ0v) is 7.04. The van der Waals surface area contributed by atoms with Crippen molar-refractivity contribution < 1.29 is 18.4 Å². The Balaban J connectivity index is 3.19. The van der Waals surface area contributed by atoms with E-state index < -0.39 is 17.2 Å². The zero-order valence-electron chi connectivity index (χ0n) is 7.04. The number of halogens is 2. The molecule has 0 radical (unpaired) electrons. The van der Waals surface area contributed by atoms with Gasteiger partial charge in [0.2, 0.25) is 0 Å². The summed E-state index contributed by atoms with van der Waals surface area (Å²) in [4.78, 5) is 20.2. The van der Waals surface area contributed by atoms with Crippen molar-refractivity contribution in [3.63, 3.8) is 0 Å². The summed E-state index contributed by atoms with van der Waals surface area (Å²) in [5.41, 5.74) is -0.411. The molecular formula is C10H6F2O2. The van der Waals surface area contributed by atoms with E-state index in [1.165, 1.54) is 6.08 Å². The highest BCUT2D eigenvalue weighted by molar-refractivity contribution is 5.78. The van der Waals surface area contributed by atoms with E-state index >= 15 is 0 Å². The second-order valence-corrected chi connectivity index (χ2v) is 2.51. The molecule has 0 unspecified atom stereocenters. The Morgan fingerprint density at radius 1 is 1.07 bits per heavy atom. The molecule has 0 aromatic heterocycles. The Labute approximate surface area is 78.9 Å². The van der Waals surface area contributed by atoms with Crippen LogP contribution in [0.5, 0.6) is 0 Å². The molecule has 14 heavy (non-hydrogen) atoms. The number of hydrogen-bond acceptors (Lipinski definition) is 2. The van der Waals surface area contributed by atoms with E-state index in [0.717, 1.165) is 18.2 Å². The van der Waals surface area contributed by atoms with Crippen LogP contribution in [0.2, 0.25) is 0 Å². The molecule has 4 heteroatoms. The first-order valence-electron chi connectivity index (χ1n) is 3.75.